The van der Waals surface area contributed by atoms with Crippen molar-refractivity contribution in [2.75, 3.05) is 26.9 Å². The molecule has 1 aliphatic heterocycles. The monoisotopic (exact) mass is 279 g/mol. The molecule has 1 aromatic carbocycles. The lowest BCUT2D eigenvalue weighted by molar-refractivity contribution is 0.0245. The highest BCUT2D eigenvalue weighted by Gasteiger charge is 2.20. The van der Waals surface area contributed by atoms with Gasteiger partial charge in [0.05, 0.1) is 20.3 Å². The summed E-state index contributed by atoms with van der Waals surface area (Å²) in [6, 6.07) is 6.10. The lowest BCUT2D eigenvalue weighted by Crippen LogP contribution is -2.26. The number of para-hydroxylation sites is 1. The van der Waals surface area contributed by atoms with E-state index in [0.717, 1.165) is 44.0 Å². The molecule has 0 aromatic heterocycles. The van der Waals surface area contributed by atoms with E-state index in [0.29, 0.717) is 12.5 Å². The number of methoxy groups -OCH3 is 1. The Morgan fingerprint density at radius 1 is 1.35 bits per heavy atom. The summed E-state index contributed by atoms with van der Waals surface area (Å²) in [4.78, 5) is 0. The summed E-state index contributed by atoms with van der Waals surface area (Å²) in [5.74, 6) is 2.05. The number of rotatable bonds is 6. The zero-order valence-electron chi connectivity index (χ0n) is 12.4. The molecule has 0 radical (unpaired) electrons. The zero-order valence-corrected chi connectivity index (χ0v) is 12.4. The fraction of sp³-hybridized carbons (Fsp3) is 0.625. The van der Waals surface area contributed by atoms with Gasteiger partial charge in [0.2, 0.25) is 0 Å². The van der Waals surface area contributed by atoms with Crippen molar-refractivity contribution in [2.24, 2.45) is 5.73 Å². The van der Waals surface area contributed by atoms with E-state index in [9.17, 15) is 0 Å². The molecular formula is C16H25NO3. The van der Waals surface area contributed by atoms with Gasteiger partial charge in [-0.3, -0.25) is 0 Å². The Morgan fingerprint density at radius 3 is 2.75 bits per heavy atom. The van der Waals surface area contributed by atoms with E-state index >= 15 is 0 Å². The van der Waals surface area contributed by atoms with Gasteiger partial charge in [0.1, 0.15) is 6.10 Å². The molecule has 0 aliphatic carbocycles. The highest BCUT2D eigenvalue weighted by Crippen LogP contribution is 2.37. The van der Waals surface area contributed by atoms with Crippen molar-refractivity contribution in [1.82, 2.24) is 0 Å². The number of benzene rings is 1. The van der Waals surface area contributed by atoms with E-state index in [1.54, 1.807) is 7.11 Å². The van der Waals surface area contributed by atoms with Gasteiger partial charge in [0, 0.05) is 18.4 Å². The van der Waals surface area contributed by atoms with Crippen molar-refractivity contribution < 1.29 is 14.2 Å². The van der Waals surface area contributed by atoms with Crippen molar-refractivity contribution >= 4 is 0 Å². The van der Waals surface area contributed by atoms with Crippen LogP contribution in [0.15, 0.2) is 18.2 Å². The molecule has 4 nitrogen and oxygen atoms in total. The van der Waals surface area contributed by atoms with E-state index in [2.05, 4.69) is 13.0 Å². The minimum Gasteiger partial charge on any atom is -0.493 e. The normalized spacial score (nSPS) is 17.8. The third-order valence-corrected chi connectivity index (χ3v) is 3.81. The maximum Gasteiger partial charge on any atom is 0.164 e. The Balaban J connectivity index is 2.17. The molecule has 4 heteroatoms. The maximum absolute atomic E-state index is 6.11. The van der Waals surface area contributed by atoms with E-state index in [4.69, 9.17) is 19.9 Å². The summed E-state index contributed by atoms with van der Waals surface area (Å²) in [7, 11) is 1.70. The molecule has 0 bridgehead atoms. The maximum atomic E-state index is 6.11. The predicted octanol–water partition coefficient (Wildman–Crippen LogP) is 2.71. The van der Waals surface area contributed by atoms with Crippen molar-refractivity contribution in [3.8, 4) is 11.5 Å². The standard InChI is InChI=1S/C16H25NO3/c1-12(6-9-17)14-4-3-5-15(16(14)18-2)20-13-7-10-19-11-8-13/h3-5,12-13H,6-11,17H2,1-2H3. The summed E-state index contributed by atoms with van der Waals surface area (Å²) in [5, 5.41) is 0. The Hall–Kier alpha value is -1.26. The van der Waals surface area contributed by atoms with Crippen LogP contribution in [0.5, 0.6) is 11.5 Å². The molecule has 2 rings (SSSR count). The molecule has 1 atom stereocenters. The van der Waals surface area contributed by atoms with Crippen LogP contribution in [0.4, 0.5) is 0 Å². The third-order valence-electron chi connectivity index (χ3n) is 3.81. The summed E-state index contributed by atoms with van der Waals surface area (Å²) in [5.41, 5.74) is 6.83. The molecule has 2 N–H and O–H groups in total. The smallest absolute Gasteiger partial charge is 0.164 e. The molecule has 1 unspecified atom stereocenters. The summed E-state index contributed by atoms with van der Waals surface area (Å²) in [6.45, 7) is 4.39. The second-order valence-electron chi connectivity index (χ2n) is 5.29. The van der Waals surface area contributed by atoms with Gasteiger partial charge in [-0.05, 0) is 24.9 Å². The number of hydrogen-bond acceptors (Lipinski definition) is 4. The Labute approximate surface area is 121 Å². The van der Waals surface area contributed by atoms with E-state index in [-0.39, 0.29) is 6.10 Å². The summed E-state index contributed by atoms with van der Waals surface area (Å²) >= 11 is 0. The highest BCUT2D eigenvalue weighted by molar-refractivity contribution is 5.48. The minimum absolute atomic E-state index is 0.220. The van der Waals surface area contributed by atoms with Gasteiger partial charge in [0.15, 0.2) is 11.5 Å². The first-order valence-corrected chi connectivity index (χ1v) is 7.37. The van der Waals surface area contributed by atoms with Crippen LogP contribution in [-0.4, -0.2) is 33.0 Å². The predicted molar refractivity (Wildman–Crippen MR) is 79.5 cm³/mol. The minimum atomic E-state index is 0.220. The Bertz CT molecular complexity index is 416. The van der Waals surface area contributed by atoms with Crippen molar-refractivity contribution in [3.63, 3.8) is 0 Å². The van der Waals surface area contributed by atoms with Gasteiger partial charge in [0.25, 0.3) is 0 Å². The van der Waals surface area contributed by atoms with Gasteiger partial charge in [-0.25, -0.2) is 0 Å². The topological polar surface area (TPSA) is 53.7 Å². The molecule has 0 spiro atoms. The molecular weight excluding hydrogens is 254 g/mol. The van der Waals surface area contributed by atoms with Crippen LogP contribution < -0.4 is 15.2 Å². The van der Waals surface area contributed by atoms with E-state index in [1.165, 1.54) is 5.56 Å². The van der Waals surface area contributed by atoms with Crippen molar-refractivity contribution in [1.29, 1.82) is 0 Å². The highest BCUT2D eigenvalue weighted by atomic mass is 16.5. The quantitative estimate of drug-likeness (QED) is 0.870. The molecule has 1 aromatic rings. The molecule has 1 fully saturated rings. The van der Waals surface area contributed by atoms with Gasteiger partial charge < -0.3 is 19.9 Å². The number of ether oxygens (including phenoxy) is 3. The second-order valence-corrected chi connectivity index (χ2v) is 5.29. The van der Waals surface area contributed by atoms with E-state index < -0.39 is 0 Å². The molecule has 0 saturated carbocycles. The van der Waals surface area contributed by atoms with Gasteiger partial charge >= 0.3 is 0 Å². The number of hydrogen-bond donors (Lipinski definition) is 1. The van der Waals surface area contributed by atoms with Crippen LogP contribution in [-0.2, 0) is 4.74 Å². The lowest BCUT2D eigenvalue weighted by Gasteiger charge is -2.25. The molecule has 1 aliphatic rings. The first kappa shape index (κ1) is 15.1. The molecule has 20 heavy (non-hydrogen) atoms. The zero-order chi connectivity index (χ0) is 14.4. The van der Waals surface area contributed by atoms with Gasteiger partial charge in [-0.1, -0.05) is 19.1 Å². The molecule has 0 amide bonds. The average molecular weight is 279 g/mol. The number of nitrogens with two attached hydrogens (primary N) is 1. The van der Waals surface area contributed by atoms with Crippen LogP contribution in [0.25, 0.3) is 0 Å². The summed E-state index contributed by atoms with van der Waals surface area (Å²) in [6.07, 6.45) is 3.03. The van der Waals surface area contributed by atoms with Crippen LogP contribution in [0.1, 0.15) is 37.7 Å². The second kappa shape index (κ2) is 7.50. The van der Waals surface area contributed by atoms with Crippen molar-refractivity contribution in [2.45, 2.75) is 38.2 Å². The van der Waals surface area contributed by atoms with Crippen LogP contribution in [0.3, 0.4) is 0 Å². The molecule has 112 valence electrons. The Morgan fingerprint density at radius 2 is 2.10 bits per heavy atom. The lowest BCUT2D eigenvalue weighted by atomic mass is 9.96. The first-order chi connectivity index (χ1) is 9.76. The fourth-order valence-electron chi connectivity index (χ4n) is 2.61. The van der Waals surface area contributed by atoms with Crippen LogP contribution in [0, 0.1) is 0 Å². The summed E-state index contributed by atoms with van der Waals surface area (Å²) < 4.78 is 17.1. The molecule has 1 saturated heterocycles. The average Bonchev–Trinajstić information content (AvgIpc) is 2.48. The third kappa shape index (κ3) is 3.64. The van der Waals surface area contributed by atoms with Crippen LogP contribution >= 0.6 is 0 Å². The first-order valence-electron chi connectivity index (χ1n) is 7.37. The van der Waals surface area contributed by atoms with Crippen LogP contribution in [0.2, 0.25) is 0 Å². The molecule has 1 heterocycles. The van der Waals surface area contributed by atoms with Gasteiger partial charge in [-0.2, -0.15) is 0 Å². The largest absolute Gasteiger partial charge is 0.493 e. The Kier molecular flexibility index (Phi) is 5.68. The van der Waals surface area contributed by atoms with E-state index in [1.807, 2.05) is 12.1 Å². The van der Waals surface area contributed by atoms with Gasteiger partial charge in [-0.15, -0.1) is 0 Å². The van der Waals surface area contributed by atoms with Crippen molar-refractivity contribution in [3.05, 3.63) is 23.8 Å². The fourth-order valence-corrected chi connectivity index (χ4v) is 2.61. The SMILES string of the molecule is COc1c(OC2CCOCC2)cccc1C(C)CCN.